The van der Waals surface area contributed by atoms with Crippen LogP contribution in [0.3, 0.4) is 0 Å². The van der Waals surface area contributed by atoms with Gasteiger partial charge < -0.3 is 14.6 Å². The summed E-state index contributed by atoms with van der Waals surface area (Å²) >= 11 is 0. The second-order valence-electron chi connectivity index (χ2n) is 3.82. The summed E-state index contributed by atoms with van der Waals surface area (Å²) in [5.74, 6) is 0.775. The van der Waals surface area contributed by atoms with E-state index in [1.54, 1.807) is 7.11 Å². The summed E-state index contributed by atoms with van der Waals surface area (Å²) in [5.41, 5.74) is 0.938. The standard InChI is InChI=1S/C11H16NO2P/c1-12-10-5-4-9(8-11(10)14-2)15(13)6-3-7-15/h4-5,8,12H,3,6-7H2,1-2H3. The lowest BCUT2D eigenvalue weighted by molar-refractivity contribution is 0.417. The van der Waals surface area contributed by atoms with Crippen LogP contribution >= 0.6 is 7.14 Å². The van der Waals surface area contributed by atoms with E-state index in [1.807, 2.05) is 25.2 Å². The van der Waals surface area contributed by atoms with Crippen molar-refractivity contribution in [3.8, 4) is 5.75 Å². The minimum absolute atomic E-state index is 0.775. The zero-order valence-electron chi connectivity index (χ0n) is 9.12. The maximum absolute atomic E-state index is 12.3. The molecule has 1 aromatic carbocycles. The van der Waals surface area contributed by atoms with Crippen molar-refractivity contribution in [3.05, 3.63) is 18.2 Å². The lowest BCUT2D eigenvalue weighted by Crippen LogP contribution is -2.20. The van der Waals surface area contributed by atoms with Crippen molar-refractivity contribution in [1.82, 2.24) is 0 Å². The Morgan fingerprint density at radius 2 is 2.13 bits per heavy atom. The van der Waals surface area contributed by atoms with Gasteiger partial charge in [0.05, 0.1) is 12.8 Å². The lowest BCUT2D eigenvalue weighted by atomic mass is 10.3. The van der Waals surface area contributed by atoms with Crippen LogP contribution in [-0.4, -0.2) is 26.5 Å². The fourth-order valence-electron chi connectivity index (χ4n) is 1.84. The quantitative estimate of drug-likeness (QED) is 0.801. The van der Waals surface area contributed by atoms with Gasteiger partial charge in [-0.25, -0.2) is 0 Å². The highest BCUT2D eigenvalue weighted by molar-refractivity contribution is 7.73. The third-order valence-corrected chi connectivity index (χ3v) is 6.26. The molecule has 0 radical (unpaired) electrons. The van der Waals surface area contributed by atoms with E-state index in [1.165, 1.54) is 0 Å². The number of rotatable bonds is 3. The molecule has 1 saturated heterocycles. The molecule has 1 fully saturated rings. The van der Waals surface area contributed by atoms with Gasteiger partial charge in [0.2, 0.25) is 0 Å². The molecule has 0 aliphatic carbocycles. The molecule has 0 unspecified atom stereocenters. The molecule has 2 rings (SSSR count). The number of ether oxygens (including phenoxy) is 1. The van der Waals surface area contributed by atoms with Gasteiger partial charge in [-0.3, -0.25) is 0 Å². The largest absolute Gasteiger partial charge is 0.495 e. The summed E-state index contributed by atoms with van der Waals surface area (Å²) in [5, 5.41) is 4.01. The summed E-state index contributed by atoms with van der Waals surface area (Å²) in [6.45, 7) is 0. The number of benzene rings is 1. The zero-order valence-corrected chi connectivity index (χ0v) is 10.0. The van der Waals surface area contributed by atoms with Gasteiger partial charge in [-0.1, -0.05) is 0 Å². The summed E-state index contributed by atoms with van der Waals surface area (Å²) in [6.07, 6.45) is 2.80. The van der Waals surface area contributed by atoms with Crippen LogP contribution in [0.1, 0.15) is 6.42 Å². The Labute approximate surface area is 90.2 Å². The zero-order chi connectivity index (χ0) is 10.9. The highest BCUT2D eigenvalue weighted by Gasteiger charge is 2.32. The summed E-state index contributed by atoms with van der Waals surface area (Å²) < 4.78 is 17.5. The van der Waals surface area contributed by atoms with E-state index in [0.717, 1.165) is 35.5 Å². The van der Waals surface area contributed by atoms with E-state index >= 15 is 0 Å². The molecular weight excluding hydrogens is 209 g/mol. The second kappa shape index (κ2) is 3.90. The Balaban J connectivity index is 2.38. The molecule has 0 bridgehead atoms. The van der Waals surface area contributed by atoms with Crippen molar-refractivity contribution >= 4 is 18.1 Å². The van der Waals surface area contributed by atoms with Gasteiger partial charge in [-0.2, -0.15) is 0 Å². The van der Waals surface area contributed by atoms with Crippen LogP contribution in [0.25, 0.3) is 0 Å². The van der Waals surface area contributed by atoms with Crippen LogP contribution < -0.4 is 15.4 Å². The van der Waals surface area contributed by atoms with E-state index in [4.69, 9.17) is 4.74 Å². The van der Waals surface area contributed by atoms with Gasteiger partial charge in [-0.05, 0) is 24.6 Å². The molecule has 82 valence electrons. The first-order valence-corrected chi connectivity index (χ1v) is 7.22. The molecule has 4 heteroatoms. The molecule has 1 heterocycles. The van der Waals surface area contributed by atoms with E-state index in [9.17, 15) is 4.57 Å². The van der Waals surface area contributed by atoms with Crippen LogP contribution in [0.5, 0.6) is 5.75 Å². The number of hydrogen-bond acceptors (Lipinski definition) is 3. The number of methoxy groups -OCH3 is 1. The number of hydrogen-bond donors (Lipinski definition) is 1. The Morgan fingerprint density at radius 1 is 1.40 bits per heavy atom. The van der Waals surface area contributed by atoms with Gasteiger partial charge in [0, 0.05) is 24.7 Å². The van der Waals surface area contributed by atoms with Crippen LogP contribution in [0.4, 0.5) is 5.69 Å². The molecule has 3 nitrogen and oxygen atoms in total. The maximum Gasteiger partial charge on any atom is 0.142 e. The van der Waals surface area contributed by atoms with Crippen molar-refractivity contribution in [2.45, 2.75) is 6.42 Å². The Kier molecular flexibility index (Phi) is 2.74. The topological polar surface area (TPSA) is 38.3 Å². The predicted molar refractivity (Wildman–Crippen MR) is 64.1 cm³/mol. The highest BCUT2D eigenvalue weighted by Crippen LogP contribution is 2.54. The third-order valence-electron chi connectivity index (χ3n) is 2.96. The average Bonchev–Trinajstić information content (AvgIpc) is 2.25. The van der Waals surface area contributed by atoms with Crippen molar-refractivity contribution in [1.29, 1.82) is 0 Å². The summed E-state index contributed by atoms with van der Waals surface area (Å²) in [4.78, 5) is 0. The van der Waals surface area contributed by atoms with E-state index in [2.05, 4.69) is 5.32 Å². The number of anilines is 1. The lowest BCUT2D eigenvalue weighted by Gasteiger charge is -2.27. The molecule has 1 aromatic rings. The SMILES string of the molecule is CNc1ccc(P2(=O)CCC2)cc1OC. The summed E-state index contributed by atoms with van der Waals surface area (Å²) in [6, 6.07) is 5.80. The van der Waals surface area contributed by atoms with Crippen molar-refractivity contribution in [2.75, 3.05) is 31.8 Å². The Morgan fingerprint density at radius 3 is 2.60 bits per heavy atom. The highest BCUT2D eigenvalue weighted by atomic mass is 31.2. The maximum atomic E-state index is 12.3. The van der Waals surface area contributed by atoms with E-state index < -0.39 is 7.14 Å². The van der Waals surface area contributed by atoms with Gasteiger partial charge in [-0.15, -0.1) is 0 Å². The van der Waals surface area contributed by atoms with Crippen molar-refractivity contribution in [2.24, 2.45) is 0 Å². The van der Waals surface area contributed by atoms with Gasteiger partial charge >= 0.3 is 0 Å². The Bertz CT molecular complexity index is 409. The third kappa shape index (κ3) is 1.76. The van der Waals surface area contributed by atoms with E-state index in [-0.39, 0.29) is 0 Å². The van der Waals surface area contributed by atoms with Gasteiger partial charge in [0.25, 0.3) is 0 Å². The minimum atomic E-state index is -2.02. The van der Waals surface area contributed by atoms with Crippen molar-refractivity contribution in [3.63, 3.8) is 0 Å². The fraction of sp³-hybridized carbons (Fsp3) is 0.455. The predicted octanol–water partition coefficient (Wildman–Crippen LogP) is 2.13. The Hall–Kier alpha value is -0.950. The average molecular weight is 225 g/mol. The molecule has 0 spiro atoms. The molecule has 1 aliphatic heterocycles. The smallest absolute Gasteiger partial charge is 0.142 e. The first kappa shape index (κ1) is 10.6. The molecule has 15 heavy (non-hydrogen) atoms. The second-order valence-corrected chi connectivity index (χ2v) is 7.01. The molecule has 1 aliphatic rings. The van der Waals surface area contributed by atoms with Gasteiger partial charge in [0.15, 0.2) is 0 Å². The summed E-state index contributed by atoms with van der Waals surface area (Å²) in [7, 11) is 1.46. The monoisotopic (exact) mass is 225 g/mol. The van der Waals surface area contributed by atoms with E-state index in [0.29, 0.717) is 0 Å². The molecule has 0 atom stereocenters. The molecular formula is C11H16NO2P. The van der Waals surface area contributed by atoms with Crippen molar-refractivity contribution < 1.29 is 9.30 Å². The van der Waals surface area contributed by atoms with Crippen LogP contribution in [0, 0.1) is 0 Å². The first-order valence-electron chi connectivity index (χ1n) is 5.14. The normalized spacial score (nSPS) is 18.0. The van der Waals surface area contributed by atoms with Crippen LogP contribution in [-0.2, 0) is 4.57 Å². The molecule has 0 amide bonds. The number of nitrogens with one attached hydrogen (secondary N) is 1. The molecule has 1 N–H and O–H groups in total. The fourth-order valence-corrected chi connectivity index (χ4v) is 3.95. The van der Waals surface area contributed by atoms with Crippen LogP contribution in [0.15, 0.2) is 18.2 Å². The minimum Gasteiger partial charge on any atom is -0.495 e. The molecule has 0 saturated carbocycles. The van der Waals surface area contributed by atoms with Crippen LogP contribution in [0.2, 0.25) is 0 Å². The first-order chi connectivity index (χ1) is 7.19. The van der Waals surface area contributed by atoms with Gasteiger partial charge in [0.1, 0.15) is 12.9 Å². The molecule has 0 aromatic heterocycles.